The van der Waals surface area contributed by atoms with Crippen molar-refractivity contribution in [3.8, 4) is 12.1 Å². The number of allylic oxidation sites excluding steroid dienone is 2. The first-order chi connectivity index (χ1) is 20.9. The highest BCUT2D eigenvalue weighted by Crippen LogP contribution is 2.21. The minimum atomic E-state index is -0.171. The lowest BCUT2D eigenvalue weighted by Crippen LogP contribution is -2.30. The molecule has 2 aromatic rings. The quantitative estimate of drug-likeness (QED) is 0.0894. The van der Waals surface area contributed by atoms with E-state index in [4.69, 9.17) is 28.6 Å². The third-order valence-electron chi connectivity index (χ3n) is 6.35. The van der Waals surface area contributed by atoms with Crippen molar-refractivity contribution in [2.75, 3.05) is 51.4 Å². The lowest BCUT2D eigenvalue weighted by molar-refractivity contribution is -0.113. The molecule has 1 saturated heterocycles. The molecular weight excluding hydrogens is 558 g/mol. The number of aliphatic imine (C=N–C) groups is 1. The van der Waals surface area contributed by atoms with E-state index in [1.165, 1.54) is 58.6 Å². The first-order valence-corrected chi connectivity index (χ1v) is 14.1. The van der Waals surface area contributed by atoms with Crippen LogP contribution < -0.4 is 22.1 Å². The van der Waals surface area contributed by atoms with Gasteiger partial charge in [-0.15, -0.1) is 0 Å². The van der Waals surface area contributed by atoms with Crippen LogP contribution in [-0.4, -0.2) is 77.4 Å². The van der Waals surface area contributed by atoms with Crippen molar-refractivity contribution < 1.29 is 4.79 Å². The fraction of sp³-hybridized carbons (Fsp3) is 0.500. The number of rotatable bonds is 7. The van der Waals surface area contributed by atoms with Crippen molar-refractivity contribution in [1.82, 2.24) is 24.8 Å². The summed E-state index contributed by atoms with van der Waals surface area (Å²) in [5, 5.41) is 22.7. The SMILES string of the molecule is C/C=C(\C#N)C(C)=O.CN=C(N)N.CNc1ncc(C#N)c(C)n1.[C-]#[N+]c1cnc(NCCCC2CCN(C)CC2)nc1C. The topological polar surface area (TPSA) is 212 Å². The van der Waals surface area contributed by atoms with E-state index in [1.54, 1.807) is 33.2 Å². The number of likely N-dealkylation sites (tertiary alicyclic amines) is 1. The number of hydrogen-bond acceptors (Lipinski definition) is 11. The lowest BCUT2D eigenvalue weighted by atomic mass is 9.92. The fourth-order valence-electron chi connectivity index (χ4n) is 3.64. The molecule has 236 valence electrons. The molecule has 2 aromatic heterocycles. The maximum absolute atomic E-state index is 10.3. The second kappa shape index (κ2) is 22.5. The van der Waals surface area contributed by atoms with Crippen LogP contribution in [0.4, 0.5) is 17.6 Å². The van der Waals surface area contributed by atoms with Gasteiger partial charge in [0, 0.05) is 32.5 Å². The molecule has 44 heavy (non-hydrogen) atoms. The first kappa shape index (κ1) is 38.9. The average Bonchev–Trinajstić information content (AvgIpc) is 3.01. The molecule has 6 N–H and O–H groups in total. The highest BCUT2D eigenvalue weighted by molar-refractivity contribution is 5.96. The smallest absolute Gasteiger partial charge is 0.225 e. The van der Waals surface area contributed by atoms with Crippen LogP contribution in [-0.2, 0) is 4.79 Å². The number of aryl methyl sites for hydroxylation is 2. The van der Waals surface area contributed by atoms with Gasteiger partial charge in [0.1, 0.15) is 12.1 Å². The van der Waals surface area contributed by atoms with Gasteiger partial charge in [-0.25, -0.2) is 24.8 Å². The van der Waals surface area contributed by atoms with E-state index >= 15 is 0 Å². The molecule has 3 heterocycles. The summed E-state index contributed by atoms with van der Waals surface area (Å²) in [5.74, 6) is 2.01. The van der Waals surface area contributed by atoms with E-state index in [2.05, 4.69) is 52.4 Å². The number of nitrogens with zero attached hydrogens (tertiary/aromatic N) is 9. The zero-order chi connectivity index (χ0) is 33.5. The Kier molecular flexibility index (Phi) is 19.8. The summed E-state index contributed by atoms with van der Waals surface area (Å²) < 4.78 is 0. The lowest BCUT2D eigenvalue weighted by Gasteiger charge is -2.28. The molecule has 3 rings (SSSR count). The maximum Gasteiger partial charge on any atom is 0.225 e. The molecule has 14 heteroatoms. The largest absolute Gasteiger partial charge is 0.370 e. The van der Waals surface area contributed by atoms with Crippen molar-refractivity contribution in [3.63, 3.8) is 0 Å². The zero-order valence-electron chi connectivity index (χ0n) is 26.8. The number of nitriles is 2. The molecule has 0 radical (unpaired) electrons. The van der Waals surface area contributed by atoms with E-state index in [9.17, 15) is 4.79 Å². The summed E-state index contributed by atoms with van der Waals surface area (Å²) >= 11 is 0. The molecule has 0 atom stereocenters. The van der Waals surface area contributed by atoms with Crippen LogP contribution in [0.25, 0.3) is 4.85 Å². The van der Waals surface area contributed by atoms with Crippen LogP contribution in [0.15, 0.2) is 29.0 Å². The van der Waals surface area contributed by atoms with Crippen molar-refractivity contribution in [2.24, 2.45) is 22.4 Å². The summed E-state index contributed by atoms with van der Waals surface area (Å²) in [6.45, 7) is 17.0. The van der Waals surface area contributed by atoms with Gasteiger partial charge < -0.3 is 27.0 Å². The number of carbonyl (C=O) groups is 1. The number of nitrogens with one attached hydrogen (secondary N) is 2. The Morgan fingerprint density at radius 1 is 1.18 bits per heavy atom. The monoisotopic (exact) mass is 603 g/mol. The number of hydrogen-bond donors (Lipinski definition) is 4. The molecule has 0 spiro atoms. The Morgan fingerprint density at radius 3 is 2.18 bits per heavy atom. The van der Waals surface area contributed by atoms with E-state index < -0.39 is 0 Å². The van der Waals surface area contributed by atoms with E-state index in [0.717, 1.165) is 24.6 Å². The molecule has 0 aromatic carbocycles. The molecule has 0 saturated carbocycles. The Balaban J connectivity index is 0.000000647. The van der Waals surface area contributed by atoms with Gasteiger partial charge in [-0.05, 0) is 79.4 Å². The Morgan fingerprint density at radius 2 is 1.77 bits per heavy atom. The van der Waals surface area contributed by atoms with E-state index in [0.29, 0.717) is 28.8 Å². The normalized spacial score (nSPS) is 12.5. The van der Waals surface area contributed by atoms with Crippen LogP contribution in [0.2, 0.25) is 0 Å². The van der Waals surface area contributed by atoms with Gasteiger partial charge in [-0.2, -0.15) is 10.5 Å². The zero-order valence-corrected chi connectivity index (χ0v) is 26.8. The number of Topliss-reactive ketones (excluding diaryl/α,β-unsaturated/α-hetero) is 1. The molecule has 1 aliphatic heterocycles. The van der Waals surface area contributed by atoms with Crippen molar-refractivity contribution in [1.29, 1.82) is 10.5 Å². The summed E-state index contributed by atoms with van der Waals surface area (Å²) in [5.41, 5.74) is 12.4. The van der Waals surface area contributed by atoms with Crippen molar-refractivity contribution in [2.45, 2.75) is 53.4 Å². The van der Waals surface area contributed by atoms with E-state index in [-0.39, 0.29) is 17.3 Å². The number of piperidine rings is 1. The second-order valence-electron chi connectivity index (χ2n) is 9.67. The average molecular weight is 604 g/mol. The van der Waals surface area contributed by atoms with Gasteiger partial charge in [0.25, 0.3) is 0 Å². The number of ketones is 1. The Labute approximate surface area is 261 Å². The van der Waals surface area contributed by atoms with Gasteiger partial charge >= 0.3 is 0 Å². The molecule has 0 amide bonds. The Hall–Kier alpha value is -5.13. The van der Waals surface area contributed by atoms with Crippen LogP contribution in [0.5, 0.6) is 0 Å². The third-order valence-corrected chi connectivity index (χ3v) is 6.35. The van der Waals surface area contributed by atoms with Crippen LogP contribution in [0.1, 0.15) is 56.5 Å². The van der Waals surface area contributed by atoms with Gasteiger partial charge in [0.2, 0.25) is 17.6 Å². The molecule has 0 aliphatic carbocycles. The highest BCUT2D eigenvalue weighted by Gasteiger charge is 2.15. The number of guanidine groups is 1. The van der Waals surface area contributed by atoms with E-state index in [1.807, 2.05) is 13.0 Å². The summed E-state index contributed by atoms with van der Waals surface area (Å²) in [6, 6.07) is 3.76. The maximum atomic E-state index is 10.3. The van der Waals surface area contributed by atoms with Gasteiger partial charge in [-0.3, -0.25) is 9.79 Å². The third kappa shape index (κ3) is 16.3. The first-order valence-electron chi connectivity index (χ1n) is 14.1. The fourth-order valence-corrected chi connectivity index (χ4v) is 3.64. The number of aromatic nitrogens is 4. The van der Waals surface area contributed by atoms with Gasteiger partial charge in [0.15, 0.2) is 11.7 Å². The van der Waals surface area contributed by atoms with Crippen LogP contribution in [0.3, 0.4) is 0 Å². The predicted octanol–water partition coefficient (Wildman–Crippen LogP) is 3.50. The molecule has 14 nitrogen and oxygen atoms in total. The van der Waals surface area contributed by atoms with Crippen molar-refractivity contribution in [3.05, 3.63) is 52.4 Å². The number of nitrogens with two attached hydrogens (primary N) is 2. The summed E-state index contributed by atoms with van der Waals surface area (Å²) in [6.07, 6.45) is 9.68. The summed E-state index contributed by atoms with van der Waals surface area (Å²) in [7, 11) is 5.47. The molecule has 1 aliphatic rings. The minimum Gasteiger partial charge on any atom is -0.370 e. The predicted molar refractivity (Wildman–Crippen MR) is 174 cm³/mol. The Bertz CT molecular complexity index is 1350. The second-order valence-corrected chi connectivity index (χ2v) is 9.67. The van der Waals surface area contributed by atoms with Crippen LogP contribution in [0, 0.1) is 49.0 Å². The molecule has 0 bridgehead atoms. The summed E-state index contributed by atoms with van der Waals surface area (Å²) in [4.78, 5) is 35.8. The highest BCUT2D eigenvalue weighted by atomic mass is 16.1. The number of carbonyl (C=O) groups excluding carboxylic acids is 1. The van der Waals surface area contributed by atoms with Crippen LogP contribution >= 0.6 is 0 Å². The number of anilines is 2. The molecule has 0 unspecified atom stereocenters. The standard InChI is InChI=1S/C15H23N5.C7H8N4.C6H7NO.C2H7N3/c1-12-14(16-2)11-18-15(19-12)17-8-4-5-13-6-9-20(3)10-7-13;1-5-6(3-8)4-10-7(9-2)11-5;1-3-6(4-7)5(2)8;1-5-2(3)4/h11,13H,4-10H2,1,3H3,(H,17,18,19);4H,1-2H3,(H,9,10,11);3H,1-2H3;1H3,(H4,3,4,5)/b;;6-3+;. The van der Waals surface area contributed by atoms with Gasteiger partial charge in [0.05, 0.1) is 29.6 Å². The molecule has 1 fully saturated rings. The van der Waals surface area contributed by atoms with Gasteiger partial charge in [-0.1, -0.05) is 6.08 Å². The minimum absolute atomic E-state index is 0.130. The molecular formula is C30H45N13O. The van der Waals surface area contributed by atoms with Crippen molar-refractivity contribution >= 4 is 29.3 Å².